The lowest BCUT2D eigenvalue weighted by Crippen LogP contribution is -2.41. The van der Waals surface area contributed by atoms with E-state index in [0.29, 0.717) is 4.57 Å². The van der Waals surface area contributed by atoms with Gasteiger partial charge in [0.05, 0.1) is 5.69 Å². The number of hydrogen-bond acceptors (Lipinski definition) is 2. The molecule has 8 heteroatoms. The molecule has 0 aliphatic rings. The average molecular weight is 288 g/mol. The molecule has 2 aromatic rings. The Morgan fingerprint density at radius 1 is 1.10 bits per heavy atom. The standard InChI is InChI=1S/C12H8F4N2O2/c1-17-9(12(14,15)16)6-10(19)18(11(17)20)8-5-3-2-4-7(8)13/h2-6H,1H3. The van der Waals surface area contributed by atoms with Gasteiger partial charge in [-0.25, -0.2) is 13.8 Å². The van der Waals surface area contributed by atoms with E-state index in [4.69, 9.17) is 0 Å². The molecule has 106 valence electrons. The predicted octanol–water partition coefficient (Wildman–Crippen LogP) is 1.69. The van der Waals surface area contributed by atoms with Gasteiger partial charge in [0.15, 0.2) is 0 Å². The van der Waals surface area contributed by atoms with Gasteiger partial charge < -0.3 is 0 Å². The van der Waals surface area contributed by atoms with Gasteiger partial charge in [-0.1, -0.05) is 12.1 Å². The molecule has 0 unspecified atom stereocenters. The van der Waals surface area contributed by atoms with Crippen molar-refractivity contribution in [1.29, 1.82) is 0 Å². The first-order valence-corrected chi connectivity index (χ1v) is 5.38. The molecule has 0 aliphatic heterocycles. The highest BCUT2D eigenvalue weighted by molar-refractivity contribution is 5.33. The fourth-order valence-electron chi connectivity index (χ4n) is 1.75. The van der Waals surface area contributed by atoms with Crippen molar-refractivity contribution in [3.8, 4) is 5.69 Å². The monoisotopic (exact) mass is 288 g/mol. The molecule has 0 aliphatic carbocycles. The number of benzene rings is 1. The third-order valence-electron chi connectivity index (χ3n) is 2.70. The molecule has 20 heavy (non-hydrogen) atoms. The van der Waals surface area contributed by atoms with E-state index in [1.807, 2.05) is 0 Å². The molecule has 0 amide bonds. The highest BCUT2D eigenvalue weighted by Crippen LogP contribution is 2.26. The summed E-state index contributed by atoms with van der Waals surface area (Å²) in [6, 6.07) is 5.08. The molecule has 4 nitrogen and oxygen atoms in total. The van der Waals surface area contributed by atoms with Gasteiger partial charge >= 0.3 is 11.9 Å². The maximum absolute atomic E-state index is 13.6. The van der Waals surface area contributed by atoms with Crippen LogP contribution >= 0.6 is 0 Å². The molecule has 0 atom stereocenters. The number of para-hydroxylation sites is 1. The van der Waals surface area contributed by atoms with Crippen LogP contribution in [0.1, 0.15) is 5.69 Å². The Morgan fingerprint density at radius 2 is 1.70 bits per heavy atom. The van der Waals surface area contributed by atoms with Crippen LogP contribution in [0.5, 0.6) is 0 Å². The Balaban J connectivity index is 2.83. The maximum atomic E-state index is 13.6. The Bertz CT molecular complexity index is 774. The normalized spacial score (nSPS) is 11.7. The van der Waals surface area contributed by atoms with Gasteiger partial charge in [0, 0.05) is 13.1 Å². The second kappa shape index (κ2) is 4.62. The number of rotatable bonds is 1. The molecular formula is C12H8F4N2O2. The summed E-state index contributed by atoms with van der Waals surface area (Å²) in [5.74, 6) is -0.883. The van der Waals surface area contributed by atoms with Crippen LogP contribution in [0.3, 0.4) is 0 Å². The lowest BCUT2D eigenvalue weighted by Gasteiger charge is -2.14. The number of nitrogens with zero attached hydrogens (tertiary/aromatic N) is 2. The zero-order valence-electron chi connectivity index (χ0n) is 10.1. The highest BCUT2D eigenvalue weighted by atomic mass is 19.4. The summed E-state index contributed by atoms with van der Waals surface area (Å²) in [4.78, 5) is 23.6. The van der Waals surface area contributed by atoms with Crippen molar-refractivity contribution in [2.75, 3.05) is 0 Å². The lowest BCUT2D eigenvalue weighted by atomic mass is 10.3. The second-order valence-electron chi connectivity index (χ2n) is 3.99. The zero-order valence-corrected chi connectivity index (χ0v) is 10.1. The Labute approximate surface area is 109 Å². The first-order valence-electron chi connectivity index (χ1n) is 5.38. The van der Waals surface area contributed by atoms with Crippen LogP contribution in [0.4, 0.5) is 17.6 Å². The van der Waals surface area contributed by atoms with Crippen molar-refractivity contribution in [2.45, 2.75) is 6.18 Å². The number of alkyl halides is 3. The van der Waals surface area contributed by atoms with Crippen LogP contribution < -0.4 is 11.2 Å². The summed E-state index contributed by atoms with van der Waals surface area (Å²) in [7, 11) is 0.863. The Hall–Kier alpha value is -2.38. The average Bonchev–Trinajstić information content (AvgIpc) is 2.35. The molecule has 2 rings (SSSR count). The minimum absolute atomic E-state index is 0.258. The summed E-state index contributed by atoms with van der Waals surface area (Å²) in [5.41, 5.74) is -4.30. The predicted molar refractivity (Wildman–Crippen MR) is 62.2 cm³/mol. The van der Waals surface area contributed by atoms with E-state index in [-0.39, 0.29) is 10.6 Å². The van der Waals surface area contributed by atoms with E-state index in [9.17, 15) is 27.2 Å². The molecule has 0 N–H and O–H groups in total. The van der Waals surface area contributed by atoms with Crippen molar-refractivity contribution in [3.05, 3.63) is 62.7 Å². The Morgan fingerprint density at radius 3 is 2.25 bits per heavy atom. The topological polar surface area (TPSA) is 44.0 Å². The van der Waals surface area contributed by atoms with E-state index in [0.717, 1.165) is 19.2 Å². The molecule has 0 saturated carbocycles. The molecule has 0 fully saturated rings. The third kappa shape index (κ3) is 2.24. The summed E-state index contributed by atoms with van der Waals surface area (Å²) in [5, 5.41) is 0. The molecule has 0 bridgehead atoms. The quantitative estimate of drug-likeness (QED) is 0.750. The minimum atomic E-state index is -4.85. The van der Waals surface area contributed by atoms with Crippen LogP contribution in [0, 0.1) is 5.82 Å². The Kier molecular flexibility index (Phi) is 3.24. The number of aromatic nitrogens is 2. The van der Waals surface area contributed by atoms with Crippen molar-refractivity contribution >= 4 is 0 Å². The van der Waals surface area contributed by atoms with Gasteiger partial charge in [-0.15, -0.1) is 0 Å². The molecule has 1 aromatic heterocycles. The van der Waals surface area contributed by atoms with Gasteiger partial charge in [0.2, 0.25) is 0 Å². The summed E-state index contributed by atoms with van der Waals surface area (Å²) >= 11 is 0. The summed E-state index contributed by atoms with van der Waals surface area (Å²) < 4.78 is 52.1. The lowest BCUT2D eigenvalue weighted by molar-refractivity contribution is -0.144. The number of halogens is 4. The van der Waals surface area contributed by atoms with E-state index in [1.54, 1.807) is 0 Å². The largest absolute Gasteiger partial charge is 0.431 e. The molecule has 0 saturated heterocycles. The fraction of sp³-hybridized carbons (Fsp3) is 0.167. The van der Waals surface area contributed by atoms with Crippen LogP contribution in [-0.4, -0.2) is 9.13 Å². The zero-order chi connectivity index (χ0) is 15.1. The van der Waals surface area contributed by atoms with Crippen molar-refractivity contribution in [2.24, 2.45) is 7.05 Å². The van der Waals surface area contributed by atoms with Crippen LogP contribution in [0.25, 0.3) is 5.69 Å². The first kappa shape index (κ1) is 14.0. The smallest absolute Gasteiger partial charge is 0.292 e. The molecule has 0 spiro atoms. The molecule has 1 heterocycles. The van der Waals surface area contributed by atoms with Crippen molar-refractivity contribution in [1.82, 2.24) is 9.13 Å². The van der Waals surface area contributed by atoms with Crippen molar-refractivity contribution < 1.29 is 17.6 Å². The van der Waals surface area contributed by atoms with Crippen LogP contribution in [-0.2, 0) is 13.2 Å². The second-order valence-corrected chi connectivity index (χ2v) is 3.99. The molecular weight excluding hydrogens is 280 g/mol. The fourth-order valence-corrected chi connectivity index (χ4v) is 1.75. The van der Waals surface area contributed by atoms with E-state index in [1.165, 1.54) is 12.1 Å². The minimum Gasteiger partial charge on any atom is -0.292 e. The van der Waals surface area contributed by atoms with Crippen LogP contribution in [0.2, 0.25) is 0 Å². The van der Waals surface area contributed by atoms with Gasteiger partial charge in [0.1, 0.15) is 11.5 Å². The third-order valence-corrected chi connectivity index (χ3v) is 2.70. The van der Waals surface area contributed by atoms with E-state index in [2.05, 4.69) is 0 Å². The maximum Gasteiger partial charge on any atom is 0.431 e. The summed E-state index contributed by atoms with van der Waals surface area (Å²) in [6.07, 6.45) is -4.85. The van der Waals surface area contributed by atoms with E-state index >= 15 is 0 Å². The highest BCUT2D eigenvalue weighted by Gasteiger charge is 2.35. The van der Waals surface area contributed by atoms with Crippen LogP contribution in [0.15, 0.2) is 39.9 Å². The van der Waals surface area contributed by atoms with Gasteiger partial charge in [-0.3, -0.25) is 9.36 Å². The SMILES string of the molecule is Cn1c(C(F)(F)F)cc(=O)n(-c2ccccc2F)c1=O. The van der Waals surface area contributed by atoms with Gasteiger partial charge in [-0.05, 0) is 12.1 Å². The molecule has 0 radical (unpaired) electrons. The van der Waals surface area contributed by atoms with Crippen molar-refractivity contribution in [3.63, 3.8) is 0 Å². The first-order chi connectivity index (χ1) is 9.23. The van der Waals surface area contributed by atoms with Gasteiger partial charge in [-0.2, -0.15) is 13.2 Å². The van der Waals surface area contributed by atoms with Gasteiger partial charge in [0.25, 0.3) is 5.56 Å². The van der Waals surface area contributed by atoms with E-state index < -0.39 is 34.6 Å². The number of hydrogen-bond donors (Lipinski definition) is 0. The molecule has 1 aromatic carbocycles. The summed E-state index contributed by atoms with van der Waals surface area (Å²) in [6.45, 7) is 0.